The van der Waals surface area contributed by atoms with Crippen LogP contribution in [-0.4, -0.2) is 89.2 Å². The Morgan fingerprint density at radius 1 is 0.732 bits per heavy atom. The number of rotatable bonds is 14. The fourth-order valence-corrected chi connectivity index (χ4v) is 8.23. The van der Waals surface area contributed by atoms with Crippen molar-refractivity contribution in [3.05, 3.63) is 138 Å². The van der Waals surface area contributed by atoms with Gasteiger partial charge in [-0.2, -0.15) is 0 Å². The maximum absolute atomic E-state index is 14.3. The van der Waals surface area contributed by atoms with E-state index < -0.39 is 0 Å². The van der Waals surface area contributed by atoms with Crippen molar-refractivity contribution in [2.24, 2.45) is 0 Å². The molecule has 56 heavy (non-hydrogen) atoms. The summed E-state index contributed by atoms with van der Waals surface area (Å²) in [6.07, 6.45) is 8.75. The third kappa shape index (κ3) is 9.65. The Morgan fingerprint density at radius 2 is 1.32 bits per heavy atom. The first-order chi connectivity index (χ1) is 27.0. The normalized spacial score (nSPS) is 14.3. The number of H-pyrrole nitrogens is 1. The molecule has 0 amide bonds. The van der Waals surface area contributed by atoms with Gasteiger partial charge < -0.3 is 19.4 Å². The molecule has 288 valence electrons. The molecule has 0 spiro atoms. The average Bonchev–Trinajstić information content (AvgIpc) is 3.70. The fourth-order valence-electron chi connectivity index (χ4n) is 7.27. The summed E-state index contributed by atoms with van der Waals surface area (Å²) in [5.41, 5.74) is 6.79. The number of nitrogens with zero attached hydrogens (tertiary/aromatic N) is 4. The smallest absolute Gasteiger partial charge is 0.166 e. The molecule has 11 heteroatoms. The number of Topliss-reactive ketones (excluding diaryl/α,β-unsaturated/α-hetero) is 2. The van der Waals surface area contributed by atoms with Gasteiger partial charge in [0, 0.05) is 87.4 Å². The van der Waals surface area contributed by atoms with Crippen LogP contribution in [0.15, 0.2) is 93.9 Å². The maximum Gasteiger partial charge on any atom is 0.166 e. The van der Waals surface area contributed by atoms with Crippen molar-refractivity contribution in [3.63, 3.8) is 0 Å². The molecular weight excluding hydrogens is 873 g/mol. The quantitative estimate of drug-likeness (QED) is 0.110. The summed E-state index contributed by atoms with van der Waals surface area (Å²) in [5.74, 6) is 0.165. The van der Waals surface area contributed by atoms with Crippen molar-refractivity contribution in [2.45, 2.75) is 19.5 Å². The van der Waals surface area contributed by atoms with E-state index in [1.165, 1.54) is 0 Å². The van der Waals surface area contributed by atoms with E-state index in [0.717, 1.165) is 91.6 Å². The van der Waals surface area contributed by atoms with E-state index in [-0.39, 0.29) is 11.6 Å². The van der Waals surface area contributed by atoms with Gasteiger partial charge in [-0.25, -0.2) is 0 Å². The number of ketones is 2. The number of piperazine rings is 1. The van der Waals surface area contributed by atoms with Gasteiger partial charge >= 0.3 is 0 Å². The number of fused-ring (bicyclic) bond motifs is 2. The molecular formula is C45H43Br2Cl2N5O2. The van der Waals surface area contributed by atoms with E-state index >= 15 is 0 Å². The van der Waals surface area contributed by atoms with Crippen LogP contribution in [0.3, 0.4) is 0 Å². The summed E-state index contributed by atoms with van der Waals surface area (Å²) in [5, 5.41) is 3.14. The SMILES string of the molecule is CN1CCN(CCC(=O)c2c(/C=C/c3ccc(Cl)cc3)n(CN(C)CCC(=O)c3c(/C=C/c4ccc(Cl)cc4)[nH]c4cc(Br)ccc34)c3cc(Br)ccc23)CC1. The lowest BCUT2D eigenvalue weighted by molar-refractivity contribution is 0.0941. The van der Waals surface area contributed by atoms with Gasteiger partial charge in [0.15, 0.2) is 11.6 Å². The highest BCUT2D eigenvalue weighted by Gasteiger charge is 2.24. The number of hydrogen-bond acceptors (Lipinski definition) is 5. The first kappa shape index (κ1) is 40.4. The zero-order valence-corrected chi connectivity index (χ0v) is 36.1. The molecule has 1 fully saturated rings. The molecule has 7 rings (SSSR count). The monoisotopic (exact) mass is 913 g/mol. The number of benzene rings is 4. The van der Waals surface area contributed by atoms with E-state index in [9.17, 15) is 9.59 Å². The number of likely N-dealkylation sites (N-methyl/N-ethyl adjacent to an activating group) is 1. The summed E-state index contributed by atoms with van der Waals surface area (Å²) < 4.78 is 4.06. The molecule has 4 aromatic carbocycles. The molecule has 2 aromatic heterocycles. The Kier molecular flexibility index (Phi) is 13.1. The van der Waals surface area contributed by atoms with Crippen molar-refractivity contribution >= 4 is 113 Å². The molecule has 0 saturated carbocycles. The highest BCUT2D eigenvalue weighted by molar-refractivity contribution is 9.10. The van der Waals surface area contributed by atoms with Gasteiger partial charge in [-0.15, -0.1) is 0 Å². The zero-order chi connectivity index (χ0) is 39.3. The predicted octanol–water partition coefficient (Wildman–Crippen LogP) is 11.3. The predicted molar refractivity (Wildman–Crippen MR) is 241 cm³/mol. The van der Waals surface area contributed by atoms with Crippen molar-refractivity contribution in [2.75, 3.05) is 53.4 Å². The van der Waals surface area contributed by atoms with E-state index in [0.29, 0.717) is 41.7 Å². The average molecular weight is 917 g/mol. The van der Waals surface area contributed by atoms with Crippen LogP contribution in [0.25, 0.3) is 46.1 Å². The Balaban J connectivity index is 1.17. The van der Waals surface area contributed by atoms with Gasteiger partial charge in [0.25, 0.3) is 0 Å². The highest BCUT2D eigenvalue weighted by atomic mass is 79.9. The molecule has 0 atom stereocenters. The Labute approximate surface area is 354 Å². The number of aromatic amines is 1. The minimum atomic E-state index is 0.0453. The standard InChI is InChI=1S/C45H43Br2Cl2N5O2/c1-51-23-25-53(26-24-51)22-20-43(56)45-37-16-10-33(47)28-41(37)54(40(45)18-8-31-5-13-35(49)14-6-31)29-52(2)21-19-42(55)44-36-15-9-32(46)27-39(36)50-38(44)17-7-30-3-11-34(48)12-4-30/h3-18,27-28,50H,19-26,29H2,1-2H3/b17-7+,18-8+. The second-order valence-corrected chi connectivity index (χ2v) is 17.1. The van der Waals surface area contributed by atoms with Gasteiger partial charge in [0.2, 0.25) is 0 Å². The first-order valence-corrected chi connectivity index (χ1v) is 21.0. The van der Waals surface area contributed by atoms with Crippen LogP contribution in [-0.2, 0) is 6.67 Å². The van der Waals surface area contributed by atoms with Crippen LogP contribution >= 0.6 is 55.1 Å². The van der Waals surface area contributed by atoms with Crippen LogP contribution in [0.5, 0.6) is 0 Å². The second-order valence-electron chi connectivity index (χ2n) is 14.4. The van der Waals surface area contributed by atoms with Gasteiger partial charge in [-0.05, 0) is 85.9 Å². The van der Waals surface area contributed by atoms with E-state index in [1.54, 1.807) is 0 Å². The van der Waals surface area contributed by atoms with E-state index in [2.05, 4.69) is 69.2 Å². The van der Waals surface area contributed by atoms with E-state index in [1.807, 2.05) is 110 Å². The van der Waals surface area contributed by atoms with Crippen molar-refractivity contribution in [3.8, 4) is 0 Å². The minimum absolute atomic E-state index is 0.0453. The topological polar surface area (TPSA) is 64.6 Å². The molecule has 0 unspecified atom stereocenters. The molecule has 1 aliphatic rings. The second kappa shape index (κ2) is 18.2. The Bertz CT molecular complexity index is 2430. The van der Waals surface area contributed by atoms with Gasteiger partial charge in [0.05, 0.1) is 34.7 Å². The summed E-state index contributed by atoms with van der Waals surface area (Å²) in [6, 6.07) is 27.3. The lowest BCUT2D eigenvalue weighted by Crippen LogP contribution is -2.45. The molecule has 3 heterocycles. The number of hydrogen-bond donors (Lipinski definition) is 1. The van der Waals surface area contributed by atoms with Gasteiger partial charge in [-0.3, -0.25) is 14.5 Å². The van der Waals surface area contributed by atoms with Crippen LogP contribution in [0.4, 0.5) is 0 Å². The Hall–Kier alpha value is -3.80. The molecule has 0 aliphatic carbocycles. The molecule has 1 aliphatic heterocycles. The molecule has 0 bridgehead atoms. The van der Waals surface area contributed by atoms with Crippen molar-refractivity contribution < 1.29 is 9.59 Å². The minimum Gasteiger partial charge on any atom is -0.354 e. The number of carbonyl (C=O) groups excluding carboxylic acids is 2. The fraction of sp³-hybridized carbons (Fsp3) is 0.244. The van der Waals surface area contributed by atoms with Gasteiger partial charge in [-0.1, -0.05) is 104 Å². The van der Waals surface area contributed by atoms with Crippen LogP contribution in [0.2, 0.25) is 10.0 Å². The van der Waals surface area contributed by atoms with Crippen molar-refractivity contribution in [1.29, 1.82) is 0 Å². The van der Waals surface area contributed by atoms with Crippen LogP contribution in [0.1, 0.15) is 56.1 Å². The largest absolute Gasteiger partial charge is 0.354 e. The third-order valence-electron chi connectivity index (χ3n) is 10.4. The van der Waals surface area contributed by atoms with Gasteiger partial charge in [0.1, 0.15) is 0 Å². The van der Waals surface area contributed by atoms with Crippen molar-refractivity contribution in [1.82, 2.24) is 24.3 Å². The molecule has 1 N–H and O–H groups in total. The number of aromatic nitrogens is 2. The summed E-state index contributed by atoms with van der Waals surface area (Å²) in [6.45, 7) is 5.62. The van der Waals surface area contributed by atoms with Crippen LogP contribution in [0, 0.1) is 0 Å². The first-order valence-electron chi connectivity index (χ1n) is 18.7. The summed E-state index contributed by atoms with van der Waals surface area (Å²) in [7, 11) is 4.16. The number of nitrogens with one attached hydrogen (secondary N) is 1. The molecule has 7 nitrogen and oxygen atoms in total. The summed E-state index contributed by atoms with van der Waals surface area (Å²) in [4.78, 5) is 38.8. The van der Waals surface area contributed by atoms with E-state index in [4.69, 9.17) is 23.2 Å². The highest BCUT2D eigenvalue weighted by Crippen LogP contribution is 2.33. The molecule has 0 radical (unpaired) electrons. The zero-order valence-electron chi connectivity index (χ0n) is 31.4. The number of carbonyl (C=O) groups is 2. The summed E-state index contributed by atoms with van der Waals surface area (Å²) >= 11 is 19.6. The molecule has 1 saturated heterocycles. The maximum atomic E-state index is 14.3. The lowest BCUT2D eigenvalue weighted by atomic mass is 10.0. The lowest BCUT2D eigenvalue weighted by Gasteiger charge is -2.32. The van der Waals surface area contributed by atoms with Crippen LogP contribution < -0.4 is 0 Å². The Morgan fingerprint density at radius 3 is 1.98 bits per heavy atom. The number of halogens is 4. The molecule has 6 aromatic rings. The third-order valence-corrected chi connectivity index (χ3v) is 11.9.